The molecule has 1 unspecified atom stereocenters. The number of hydrogen-bond acceptors (Lipinski definition) is 5. The minimum absolute atomic E-state index is 0.0174. The van der Waals surface area contributed by atoms with E-state index in [0.717, 1.165) is 6.42 Å². The molecule has 0 spiro atoms. The van der Waals surface area contributed by atoms with Crippen molar-refractivity contribution in [1.82, 2.24) is 4.98 Å². The van der Waals surface area contributed by atoms with Crippen LogP contribution >= 0.6 is 0 Å². The molecule has 4 N–H and O–H groups in total. The molecule has 3 rings (SSSR count). The van der Waals surface area contributed by atoms with Gasteiger partial charge in [0.1, 0.15) is 11.6 Å². The number of ether oxygens (including phenoxy) is 1. The van der Waals surface area contributed by atoms with Crippen molar-refractivity contribution in [2.45, 2.75) is 33.2 Å². The normalized spacial score (nSPS) is 11.6. The van der Waals surface area contributed by atoms with Crippen LogP contribution in [0.25, 0.3) is 0 Å². The van der Waals surface area contributed by atoms with Crippen molar-refractivity contribution in [2.24, 2.45) is 0 Å². The number of amides is 1. The van der Waals surface area contributed by atoms with Gasteiger partial charge in [-0.05, 0) is 56.0 Å². The number of aromatic nitrogens is 1. The molecule has 0 aliphatic rings. The number of anilines is 3. The highest BCUT2D eigenvalue weighted by molar-refractivity contribution is 5.88. The van der Waals surface area contributed by atoms with E-state index in [4.69, 9.17) is 10.5 Å². The molecule has 6 heteroatoms. The second kappa shape index (κ2) is 9.78. The van der Waals surface area contributed by atoms with Crippen molar-refractivity contribution in [2.75, 3.05) is 23.0 Å². The summed E-state index contributed by atoms with van der Waals surface area (Å²) in [6.07, 6.45) is 0.249. The van der Waals surface area contributed by atoms with E-state index in [2.05, 4.69) is 59.8 Å². The Kier molecular flexibility index (Phi) is 6.91. The molecule has 0 saturated carbocycles. The lowest BCUT2D eigenvalue weighted by Crippen LogP contribution is -2.18. The number of benzene rings is 2. The number of carbonyl (C=O) groups is 1. The molecule has 1 heterocycles. The second-order valence-corrected chi connectivity index (χ2v) is 7.22. The molecular weight excluding hydrogens is 376 g/mol. The van der Waals surface area contributed by atoms with Crippen LogP contribution in [0.3, 0.4) is 0 Å². The summed E-state index contributed by atoms with van der Waals surface area (Å²) >= 11 is 0. The van der Waals surface area contributed by atoms with Crippen molar-refractivity contribution in [3.8, 4) is 0 Å². The second-order valence-electron chi connectivity index (χ2n) is 7.22. The predicted molar refractivity (Wildman–Crippen MR) is 122 cm³/mol. The van der Waals surface area contributed by atoms with Crippen molar-refractivity contribution in [3.63, 3.8) is 0 Å². The number of nitrogens with one attached hydrogen (secondary N) is 2. The largest absolute Gasteiger partial charge is 0.450 e. The number of nitrogens with zero attached hydrogens (tertiary/aromatic N) is 1. The number of carbonyl (C=O) groups excluding carboxylic acids is 1. The minimum Gasteiger partial charge on any atom is -0.450 e. The summed E-state index contributed by atoms with van der Waals surface area (Å²) < 4.78 is 4.89. The smallest absolute Gasteiger partial charge is 0.411 e. The van der Waals surface area contributed by atoms with Crippen LogP contribution in [0.5, 0.6) is 0 Å². The maximum absolute atomic E-state index is 11.6. The standard InChI is InChI=1S/C24H28N4O2/c1-4-30-24(29)27-20-12-13-22(28-23(20)25)26-21(15-18-8-6-5-7-9-18)19-11-10-16(2)14-17(19)3/h5-14,21H,4,15H2,1-3H3,(H,27,29)(H3,25,26,28). The molecule has 0 aliphatic heterocycles. The first kappa shape index (κ1) is 21.2. The monoisotopic (exact) mass is 404 g/mol. The van der Waals surface area contributed by atoms with E-state index in [1.54, 1.807) is 19.1 Å². The molecule has 1 amide bonds. The fraction of sp³-hybridized carbons (Fsp3) is 0.250. The van der Waals surface area contributed by atoms with E-state index in [9.17, 15) is 4.79 Å². The van der Waals surface area contributed by atoms with Gasteiger partial charge in [-0.15, -0.1) is 0 Å². The van der Waals surface area contributed by atoms with Crippen LogP contribution in [0, 0.1) is 13.8 Å². The summed E-state index contributed by atoms with van der Waals surface area (Å²) in [7, 11) is 0. The summed E-state index contributed by atoms with van der Waals surface area (Å²) in [4.78, 5) is 16.1. The molecule has 1 aromatic heterocycles. The SMILES string of the molecule is CCOC(=O)Nc1ccc(NC(Cc2ccccc2)c2ccc(C)cc2C)nc1N. The predicted octanol–water partition coefficient (Wildman–Crippen LogP) is 5.24. The minimum atomic E-state index is -0.552. The Labute approximate surface area is 177 Å². The summed E-state index contributed by atoms with van der Waals surface area (Å²) in [5.74, 6) is 0.870. The molecule has 2 aromatic carbocycles. The number of rotatable bonds is 7. The van der Waals surface area contributed by atoms with Crippen molar-refractivity contribution < 1.29 is 9.53 Å². The van der Waals surface area contributed by atoms with Crippen LogP contribution < -0.4 is 16.4 Å². The Balaban J connectivity index is 1.85. The molecule has 0 bridgehead atoms. The highest BCUT2D eigenvalue weighted by Crippen LogP contribution is 2.28. The molecule has 0 saturated heterocycles. The maximum atomic E-state index is 11.6. The van der Waals surface area contributed by atoms with E-state index in [1.165, 1.54) is 22.3 Å². The molecule has 3 aromatic rings. The van der Waals surface area contributed by atoms with Gasteiger partial charge in [0.05, 0.1) is 18.3 Å². The quantitative estimate of drug-likeness (QED) is 0.501. The molecular formula is C24H28N4O2. The van der Waals surface area contributed by atoms with Crippen LogP contribution in [-0.4, -0.2) is 17.7 Å². The third kappa shape index (κ3) is 5.50. The molecule has 0 radical (unpaired) electrons. The van der Waals surface area contributed by atoms with Crippen LogP contribution in [0.1, 0.15) is 35.2 Å². The molecule has 6 nitrogen and oxygen atoms in total. The van der Waals surface area contributed by atoms with Gasteiger partial charge in [-0.1, -0.05) is 54.1 Å². The van der Waals surface area contributed by atoms with Crippen molar-refractivity contribution in [1.29, 1.82) is 0 Å². The van der Waals surface area contributed by atoms with Gasteiger partial charge in [0, 0.05) is 0 Å². The van der Waals surface area contributed by atoms with E-state index in [0.29, 0.717) is 11.5 Å². The van der Waals surface area contributed by atoms with Gasteiger partial charge in [0.2, 0.25) is 0 Å². The van der Waals surface area contributed by atoms with Gasteiger partial charge < -0.3 is 15.8 Å². The Hall–Kier alpha value is -3.54. The third-order valence-electron chi connectivity index (χ3n) is 4.84. The molecule has 1 atom stereocenters. The number of nitrogen functional groups attached to an aromatic ring is 1. The Bertz CT molecular complexity index is 1010. The van der Waals surface area contributed by atoms with Crippen LogP contribution in [0.2, 0.25) is 0 Å². The van der Waals surface area contributed by atoms with E-state index >= 15 is 0 Å². The highest BCUT2D eigenvalue weighted by atomic mass is 16.5. The molecule has 30 heavy (non-hydrogen) atoms. The summed E-state index contributed by atoms with van der Waals surface area (Å²) in [6.45, 7) is 6.24. The Morgan fingerprint density at radius 2 is 1.87 bits per heavy atom. The zero-order valence-electron chi connectivity index (χ0n) is 17.6. The first-order valence-electron chi connectivity index (χ1n) is 10.0. The summed E-state index contributed by atoms with van der Waals surface area (Å²) in [5, 5.41) is 6.12. The zero-order valence-corrected chi connectivity index (χ0v) is 17.6. The van der Waals surface area contributed by atoms with Crippen molar-refractivity contribution in [3.05, 3.63) is 82.9 Å². The average Bonchev–Trinajstić information content (AvgIpc) is 2.71. The Morgan fingerprint density at radius 1 is 1.10 bits per heavy atom. The topological polar surface area (TPSA) is 89.3 Å². The van der Waals surface area contributed by atoms with Crippen molar-refractivity contribution >= 4 is 23.4 Å². The van der Waals surface area contributed by atoms with E-state index in [1.807, 2.05) is 18.2 Å². The van der Waals surface area contributed by atoms with E-state index in [-0.39, 0.29) is 18.5 Å². The van der Waals surface area contributed by atoms with Gasteiger partial charge in [-0.3, -0.25) is 5.32 Å². The lowest BCUT2D eigenvalue weighted by Gasteiger charge is -2.23. The first-order valence-corrected chi connectivity index (χ1v) is 10.0. The fourth-order valence-corrected chi connectivity index (χ4v) is 3.42. The summed E-state index contributed by atoms with van der Waals surface area (Å²) in [6, 6.07) is 20.3. The fourth-order valence-electron chi connectivity index (χ4n) is 3.42. The zero-order chi connectivity index (χ0) is 21.5. The lowest BCUT2D eigenvalue weighted by molar-refractivity contribution is 0.168. The maximum Gasteiger partial charge on any atom is 0.411 e. The Morgan fingerprint density at radius 3 is 2.53 bits per heavy atom. The van der Waals surface area contributed by atoms with Gasteiger partial charge in [-0.2, -0.15) is 0 Å². The van der Waals surface area contributed by atoms with Gasteiger partial charge in [0.15, 0.2) is 0 Å². The molecule has 156 valence electrons. The average molecular weight is 405 g/mol. The van der Waals surface area contributed by atoms with Crippen LogP contribution in [0.15, 0.2) is 60.7 Å². The molecule has 0 aliphatic carbocycles. The third-order valence-corrected chi connectivity index (χ3v) is 4.84. The lowest BCUT2D eigenvalue weighted by atomic mass is 9.94. The highest BCUT2D eigenvalue weighted by Gasteiger charge is 2.16. The van der Waals surface area contributed by atoms with Crippen LogP contribution in [0.4, 0.5) is 22.1 Å². The van der Waals surface area contributed by atoms with Gasteiger partial charge >= 0.3 is 6.09 Å². The number of nitrogens with two attached hydrogens (primary N) is 1. The number of pyridine rings is 1. The van der Waals surface area contributed by atoms with E-state index < -0.39 is 6.09 Å². The number of aryl methyl sites for hydroxylation is 2. The van der Waals surface area contributed by atoms with Crippen LogP contribution in [-0.2, 0) is 11.2 Å². The first-order chi connectivity index (χ1) is 14.5. The summed E-state index contributed by atoms with van der Waals surface area (Å²) in [5.41, 5.74) is 11.4. The van der Waals surface area contributed by atoms with Gasteiger partial charge in [0.25, 0.3) is 0 Å². The number of hydrogen-bond donors (Lipinski definition) is 3. The van der Waals surface area contributed by atoms with Gasteiger partial charge in [-0.25, -0.2) is 9.78 Å². The molecule has 0 fully saturated rings.